The number of carbonyl (C=O) groups excluding carboxylic acids is 2. The summed E-state index contributed by atoms with van der Waals surface area (Å²) in [6, 6.07) is 0. The summed E-state index contributed by atoms with van der Waals surface area (Å²) in [6.45, 7) is 0.486. The van der Waals surface area contributed by atoms with E-state index in [0.717, 1.165) is 25.7 Å². The van der Waals surface area contributed by atoms with Gasteiger partial charge in [-0.2, -0.15) is 0 Å². The van der Waals surface area contributed by atoms with Gasteiger partial charge in [-0.3, -0.25) is 14.5 Å². The highest BCUT2D eigenvalue weighted by atomic mass is 35.5. The summed E-state index contributed by atoms with van der Waals surface area (Å²) in [6.07, 6.45) is 6.00. The van der Waals surface area contributed by atoms with Crippen LogP contribution in [0.2, 0.25) is 0 Å². The first kappa shape index (κ1) is 12.5. The van der Waals surface area contributed by atoms with E-state index < -0.39 is 0 Å². The molecule has 0 atom stereocenters. The Morgan fingerprint density at radius 3 is 2.20 bits per heavy atom. The zero-order valence-corrected chi connectivity index (χ0v) is 9.80. The van der Waals surface area contributed by atoms with Crippen LogP contribution in [-0.4, -0.2) is 28.1 Å². The molecule has 1 rings (SSSR count). The van der Waals surface area contributed by atoms with E-state index in [4.69, 9.17) is 23.2 Å². The van der Waals surface area contributed by atoms with E-state index in [2.05, 4.69) is 0 Å². The summed E-state index contributed by atoms with van der Waals surface area (Å²) >= 11 is 11.1. The molecule has 0 aromatic carbocycles. The number of amides is 2. The van der Waals surface area contributed by atoms with Crippen LogP contribution in [0.4, 0.5) is 0 Å². The maximum atomic E-state index is 11.1. The third-order valence-electron chi connectivity index (χ3n) is 2.20. The van der Waals surface area contributed by atoms with Gasteiger partial charge in [-0.1, -0.05) is 12.8 Å². The number of nitrogens with zero attached hydrogens (tertiary/aromatic N) is 1. The van der Waals surface area contributed by atoms with E-state index in [1.54, 1.807) is 0 Å². The van der Waals surface area contributed by atoms with E-state index in [0.29, 0.717) is 6.54 Å². The van der Waals surface area contributed by atoms with Gasteiger partial charge in [0.2, 0.25) is 0 Å². The summed E-state index contributed by atoms with van der Waals surface area (Å²) in [5.41, 5.74) is 0. The molecule has 2 amide bonds. The van der Waals surface area contributed by atoms with Crippen LogP contribution in [0.3, 0.4) is 0 Å². The fourth-order valence-corrected chi connectivity index (χ4v) is 1.71. The van der Waals surface area contributed by atoms with Gasteiger partial charge in [0.1, 0.15) is 4.84 Å². The van der Waals surface area contributed by atoms with Crippen molar-refractivity contribution in [1.82, 2.24) is 4.90 Å². The maximum Gasteiger partial charge on any atom is 0.253 e. The van der Waals surface area contributed by atoms with Crippen LogP contribution in [0.1, 0.15) is 25.7 Å². The predicted molar refractivity (Wildman–Crippen MR) is 59.8 cm³/mol. The third kappa shape index (κ3) is 4.22. The molecule has 0 saturated heterocycles. The number of rotatable bonds is 6. The Labute approximate surface area is 99.0 Å². The second-order valence-electron chi connectivity index (χ2n) is 3.40. The monoisotopic (exact) mass is 249 g/mol. The van der Waals surface area contributed by atoms with Crippen LogP contribution in [0.5, 0.6) is 0 Å². The number of halogens is 2. The van der Waals surface area contributed by atoms with Crippen LogP contribution >= 0.6 is 23.2 Å². The topological polar surface area (TPSA) is 37.4 Å². The molecular weight excluding hydrogens is 237 g/mol. The smallest absolute Gasteiger partial charge is 0.253 e. The van der Waals surface area contributed by atoms with Gasteiger partial charge >= 0.3 is 0 Å². The molecule has 0 radical (unpaired) electrons. The van der Waals surface area contributed by atoms with Crippen molar-refractivity contribution in [3.8, 4) is 0 Å². The van der Waals surface area contributed by atoms with Crippen LogP contribution in [-0.2, 0) is 9.59 Å². The van der Waals surface area contributed by atoms with Gasteiger partial charge in [0.05, 0.1) is 0 Å². The molecule has 0 bridgehead atoms. The van der Waals surface area contributed by atoms with Crippen molar-refractivity contribution in [1.29, 1.82) is 0 Å². The molecule has 1 heterocycles. The normalized spacial score (nSPS) is 15.8. The third-order valence-corrected chi connectivity index (χ3v) is 2.64. The first-order valence-electron chi connectivity index (χ1n) is 4.93. The fourth-order valence-electron chi connectivity index (χ4n) is 1.40. The van der Waals surface area contributed by atoms with Gasteiger partial charge in [0.15, 0.2) is 0 Å². The molecule has 15 heavy (non-hydrogen) atoms. The highest BCUT2D eigenvalue weighted by Gasteiger charge is 2.21. The summed E-state index contributed by atoms with van der Waals surface area (Å²) in [5, 5.41) is 0. The number of imide groups is 1. The average molecular weight is 250 g/mol. The minimum Gasteiger partial charge on any atom is -0.275 e. The summed E-state index contributed by atoms with van der Waals surface area (Å²) < 4.78 is 0. The van der Waals surface area contributed by atoms with Crippen molar-refractivity contribution in [3.63, 3.8) is 0 Å². The molecule has 5 heteroatoms. The van der Waals surface area contributed by atoms with Gasteiger partial charge in [0, 0.05) is 18.7 Å². The number of alkyl halides is 2. The van der Waals surface area contributed by atoms with Crippen molar-refractivity contribution in [2.45, 2.75) is 30.5 Å². The molecule has 1 aliphatic rings. The number of hydrogen-bond acceptors (Lipinski definition) is 2. The Morgan fingerprint density at radius 1 is 1.07 bits per heavy atom. The number of unbranched alkanes of at least 4 members (excludes halogenated alkanes) is 2. The molecule has 0 saturated carbocycles. The zero-order valence-electron chi connectivity index (χ0n) is 8.29. The molecule has 0 N–H and O–H groups in total. The molecule has 0 aliphatic carbocycles. The van der Waals surface area contributed by atoms with Crippen molar-refractivity contribution in [3.05, 3.63) is 12.2 Å². The molecule has 0 unspecified atom stereocenters. The Morgan fingerprint density at radius 2 is 1.67 bits per heavy atom. The van der Waals surface area contributed by atoms with Crippen LogP contribution in [0.25, 0.3) is 0 Å². The van der Waals surface area contributed by atoms with Crippen molar-refractivity contribution >= 4 is 35.0 Å². The van der Waals surface area contributed by atoms with Crippen molar-refractivity contribution in [2.75, 3.05) is 6.54 Å². The van der Waals surface area contributed by atoms with Gasteiger partial charge < -0.3 is 0 Å². The Kier molecular flexibility index (Phi) is 5.12. The van der Waals surface area contributed by atoms with E-state index in [9.17, 15) is 9.59 Å². The molecule has 84 valence electrons. The van der Waals surface area contributed by atoms with Crippen molar-refractivity contribution in [2.24, 2.45) is 0 Å². The van der Waals surface area contributed by atoms with Gasteiger partial charge in [-0.25, -0.2) is 0 Å². The zero-order chi connectivity index (χ0) is 11.3. The maximum absolute atomic E-state index is 11.1. The van der Waals surface area contributed by atoms with E-state index >= 15 is 0 Å². The molecular formula is C10H13Cl2NO2. The summed E-state index contributed by atoms with van der Waals surface area (Å²) in [7, 11) is 0. The van der Waals surface area contributed by atoms with Gasteiger partial charge in [0.25, 0.3) is 11.8 Å². The summed E-state index contributed by atoms with van der Waals surface area (Å²) in [5.74, 6) is -0.430. The van der Waals surface area contributed by atoms with E-state index in [-0.39, 0.29) is 16.7 Å². The quantitative estimate of drug-likeness (QED) is 0.412. The second-order valence-corrected chi connectivity index (χ2v) is 4.68. The van der Waals surface area contributed by atoms with Gasteiger partial charge in [-0.05, 0) is 12.8 Å². The summed E-state index contributed by atoms with van der Waals surface area (Å²) in [4.78, 5) is 23.2. The lowest BCUT2D eigenvalue weighted by Gasteiger charge is -2.13. The molecule has 1 aliphatic heterocycles. The average Bonchev–Trinajstić information content (AvgIpc) is 2.47. The largest absolute Gasteiger partial charge is 0.275 e. The lowest BCUT2D eigenvalue weighted by Crippen LogP contribution is -2.30. The van der Waals surface area contributed by atoms with Crippen LogP contribution < -0.4 is 0 Å². The van der Waals surface area contributed by atoms with Crippen LogP contribution in [0, 0.1) is 0 Å². The minimum absolute atomic E-state index is 0.215. The Balaban J connectivity index is 2.10. The standard InChI is InChI=1S/C10H13Cl2NO2/c11-8(12)4-2-1-3-7-13-9(14)5-6-10(13)15/h5-6,8H,1-4,7H2. The second kappa shape index (κ2) is 6.13. The lowest BCUT2D eigenvalue weighted by molar-refractivity contribution is -0.136. The SMILES string of the molecule is O=C1C=CC(=O)N1CCCCCC(Cl)Cl. The van der Waals surface area contributed by atoms with E-state index in [1.165, 1.54) is 17.1 Å². The highest BCUT2D eigenvalue weighted by Crippen LogP contribution is 2.13. The Bertz CT molecular complexity index is 259. The van der Waals surface area contributed by atoms with Crippen LogP contribution in [0.15, 0.2) is 12.2 Å². The molecule has 0 aromatic rings. The van der Waals surface area contributed by atoms with E-state index in [1.807, 2.05) is 0 Å². The molecule has 0 spiro atoms. The Hall–Kier alpha value is -0.540. The first-order valence-corrected chi connectivity index (χ1v) is 5.80. The fraction of sp³-hybridized carbons (Fsp3) is 0.600. The predicted octanol–water partition coefficient (Wildman–Crippen LogP) is 2.28. The highest BCUT2D eigenvalue weighted by molar-refractivity contribution is 6.44. The molecule has 3 nitrogen and oxygen atoms in total. The lowest BCUT2D eigenvalue weighted by atomic mass is 10.2. The number of carbonyl (C=O) groups is 2. The van der Waals surface area contributed by atoms with Crippen molar-refractivity contribution < 1.29 is 9.59 Å². The minimum atomic E-state index is -0.318. The molecule has 0 aromatic heterocycles. The first-order chi connectivity index (χ1) is 7.11. The van der Waals surface area contributed by atoms with Gasteiger partial charge in [-0.15, -0.1) is 23.2 Å². The number of hydrogen-bond donors (Lipinski definition) is 0. The molecule has 0 fully saturated rings.